The molecule has 1 aliphatic heterocycles. The summed E-state index contributed by atoms with van der Waals surface area (Å²) in [5, 5.41) is 5.90. The van der Waals surface area contributed by atoms with E-state index in [0.717, 1.165) is 22.0 Å². The molecule has 3 aromatic carbocycles. The number of nitrogens with zero attached hydrogens (tertiary/aromatic N) is 2. The molecule has 6 nitrogen and oxygen atoms in total. The highest BCUT2D eigenvalue weighted by Gasteiger charge is 2.31. The molecular weight excluding hydrogens is 521 g/mol. The van der Waals surface area contributed by atoms with E-state index in [9.17, 15) is 14.4 Å². The number of rotatable bonds is 11. The van der Waals surface area contributed by atoms with Crippen LogP contribution < -0.4 is 10.2 Å². The van der Waals surface area contributed by atoms with Gasteiger partial charge in [0.25, 0.3) is 5.91 Å². The van der Waals surface area contributed by atoms with Crippen LogP contribution in [0, 0.1) is 5.92 Å². The summed E-state index contributed by atoms with van der Waals surface area (Å²) in [7, 11) is 0. The van der Waals surface area contributed by atoms with E-state index in [1.807, 2.05) is 57.2 Å². The number of halogens is 2. The quantitative estimate of drug-likeness (QED) is 0.296. The minimum atomic E-state index is -0.639. The Labute approximate surface area is 233 Å². The summed E-state index contributed by atoms with van der Waals surface area (Å²) >= 11 is 12.5. The molecule has 0 radical (unpaired) electrons. The number of benzene rings is 3. The minimum Gasteiger partial charge on any atom is -0.354 e. The summed E-state index contributed by atoms with van der Waals surface area (Å²) in [5.41, 5.74) is 2.28. The molecule has 0 aromatic heterocycles. The summed E-state index contributed by atoms with van der Waals surface area (Å²) in [4.78, 5) is 43.2. The molecule has 0 spiro atoms. The van der Waals surface area contributed by atoms with Crippen LogP contribution in [0.4, 0.5) is 5.69 Å². The maximum Gasteiger partial charge on any atom is 0.258 e. The lowest BCUT2D eigenvalue weighted by molar-refractivity contribution is -0.141. The maximum absolute atomic E-state index is 13.6. The molecular formula is C30H33Cl2N3O3. The molecule has 0 saturated carbocycles. The Morgan fingerprint density at radius 1 is 1.05 bits per heavy atom. The number of hydrogen-bond acceptors (Lipinski definition) is 3. The number of carbonyl (C=O) groups excluding carboxylic acids is 3. The van der Waals surface area contributed by atoms with Gasteiger partial charge in [-0.1, -0.05) is 74.3 Å². The van der Waals surface area contributed by atoms with Gasteiger partial charge in [0.1, 0.15) is 6.04 Å². The highest BCUT2D eigenvalue weighted by atomic mass is 35.5. The molecule has 3 aromatic rings. The van der Waals surface area contributed by atoms with Crippen molar-refractivity contribution in [1.82, 2.24) is 10.2 Å². The zero-order valence-corrected chi connectivity index (χ0v) is 23.5. The van der Waals surface area contributed by atoms with Gasteiger partial charge < -0.3 is 15.1 Å². The van der Waals surface area contributed by atoms with Gasteiger partial charge in [-0.2, -0.15) is 0 Å². The molecule has 0 saturated heterocycles. The SMILES string of the molecule is CC[C@H](C(=O)NCC(C)C)N(Cc1ccc(Cl)cc1Cl)C(=O)CCCN1C(=O)c2cccc3cccc1c23. The molecule has 1 aliphatic rings. The Kier molecular flexibility index (Phi) is 8.95. The molecule has 200 valence electrons. The molecule has 3 amide bonds. The van der Waals surface area contributed by atoms with Crippen molar-refractivity contribution in [3.63, 3.8) is 0 Å². The standard InChI is InChI=1S/C30H33Cl2N3O3/c1-4-25(29(37)33-17-19(2)3)35(18-21-13-14-22(31)16-24(21)32)27(36)12-7-15-34-26-11-6-9-20-8-5-10-23(28(20)26)30(34)38/h5-6,8-11,13-14,16,19,25H,4,7,12,15,17-18H2,1-3H3,(H,33,37)/t25-/m1/s1. The van der Waals surface area contributed by atoms with Gasteiger partial charge >= 0.3 is 0 Å². The second-order valence-corrected chi connectivity index (χ2v) is 10.9. The van der Waals surface area contributed by atoms with E-state index in [2.05, 4.69) is 5.32 Å². The Hall–Kier alpha value is -3.09. The number of nitrogens with one attached hydrogen (secondary N) is 1. The molecule has 8 heteroatoms. The van der Waals surface area contributed by atoms with Gasteiger partial charge in [0, 0.05) is 47.1 Å². The molecule has 1 atom stereocenters. The first-order valence-corrected chi connectivity index (χ1v) is 13.8. The fraction of sp³-hybridized carbons (Fsp3) is 0.367. The van der Waals surface area contributed by atoms with E-state index >= 15 is 0 Å². The van der Waals surface area contributed by atoms with E-state index in [1.165, 1.54) is 0 Å². The molecule has 1 N–H and O–H groups in total. The van der Waals surface area contributed by atoms with Gasteiger partial charge in [-0.3, -0.25) is 14.4 Å². The van der Waals surface area contributed by atoms with Crippen LogP contribution in [-0.4, -0.2) is 41.8 Å². The molecule has 0 aliphatic carbocycles. The molecule has 38 heavy (non-hydrogen) atoms. The largest absolute Gasteiger partial charge is 0.354 e. The second kappa shape index (κ2) is 12.2. The first-order chi connectivity index (χ1) is 18.2. The lowest BCUT2D eigenvalue weighted by Gasteiger charge is -2.31. The van der Waals surface area contributed by atoms with Crippen LogP contribution in [0.3, 0.4) is 0 Å². The van der Waals surface area contributed by atoms with Gasteiger partial charge in [-0.25, -0.2) is 0 Å². The van der Waals surface area contributed by atoms with Crippen LogP contribution in [0.5, 0.6) is 0 Å². The number of hydrogen-bond donors (Lipinski definition) is 1. The summed E-state index contributed by atoms with van der Waals surface area (Å²) in [6.07, 6.45) is 1.11. The van der Waals surface area contributed by atoms with Gasteiger partial charge in [0.15, 0.2) is 0 Å². The van der Waals surface area contributed by atoms with Gasteiger partial charge in [-0.05, 0) is 54.0 Å². The normalized spacial score (nSPS) is 13.3. The average molecular weight is 555 g/mol. The van der Waals surface area contributed by atoms with Crippen molar-refractivity contribution >= 4 is 57.4 Å². The van der Waals surface area contributed by atoms with E-state index in [1.54, 1.807) is 28.0 Å². The first kappa shape index (κ1) is 27.9. The van der Waals surface area contributed by atoms with Gasteiger partial charge in [-0.15, -0.1) is 0 Å². The first-order valence-electron chi connectivity index (χ1n) is 13.1. The summed E-state index contributed by atoms with van der Waals surface area (Å²) in [6.45, 7) is 7.07. The topological polar surface area (TPSA) is 69.7 Å². The third-order valence-electron chi connectivity index (χ3n) is 6.85. The van der Waals surface area contributed by atoms with E-state index < -0.39 is 6.04 Å². The van der Waals surface area contributed by atoms with Crippen LogP contribution in [0.2, 0.25) is 10.0 Å². The highest BCUT2D eigenvalue weighted by Crippen LogP contribution is 2.37. The van der Waals surface area contributed by atoms with Crippen molar-refractivity contribution in [1.29, 1.82) is 0 Å². The summed E-state index contributed by atoms with van der Waals surface area (Å²) < 4.78 is 0. The van der Waals surface area contributed by atoms with Crippen molar-refractivity contribution in [3.05, 3.63) is 75.8 Å². The van der Waals surface area contributed by atoms with Crippen molar-refractivity contribution in [2.24, 2.45) is 5.92 Å². The van der Waals surface area contributed by atoms with Crippen molar-refractivity contribution in [3.8, 4) is 0 Å². The number of amides is 3. The van der Waals surface area contributed by atoms with E-state index in [0.29, 0.717) is 41.5 Å². The van der Waals surface area contributed by atoms with Crippen molar-refractivity contribution in [2.75, 3.05) is 18.0 Å². The van der Waals surface area contributed by atoms with Crippen LogP contribution in [0.25, 0.3) is 10.8 Å². The molecule has 1 heterocycles. The van der Waals surface area contributed by atoms with Crippen LogP contribution >= 0.6 is 23.2 Å². The van der Waals surface area contributed by atoms with Crippen molar-refractivity contribution < 1.29 is 14.4 Å². The Balaban J connectivity index is 1.50. The van der Waals surface area contributed by atoms with Crippen LogP contribution in [-0.2, 0) is 16.1 Å². The average Bonchev–Trinajstić information content (AvgIpc) is 3.16. The van der Waals surface area contributed by atoms with Gasteiger partial charge in [0.2, 0.25) is 11.8 Å². The minimum absolute atomic E-state index is 0.0476. The fourth-order valence-electron chi connectivity index (χ4n) is 4.91. The third kappa shape index (κ3) is 5.97. The van der Waals surface area contributed by atoms with Crippen molar-refractivity contribution in [2.45, 2.75) is 52.6 Å². The second-order valence-electron chi connectivity index (χ2n) is 10.1. The summed E-state index contributed by atoms with van der Waals surface area (Å²) in [5.74, 6) is -0.104. The monoisotopic (exact) mass is 553 g/mol. The van der Waals surface area contributed by atoms with Gasteiger partial charge in [0.05, 0.1) is 5.69 Å². The molecule has 0 unspecified atom stereocenters. The highest BCUT2D eigenvalue weighted by molar-refractivity contribution is 6.35. The molecule has 0 fully saturated rings. The molecule has 4 rings (SSSR count). The zero-order valence-electron chi connectivity index (χ0n) is 22.0. The van der Waals surface area contributed by atoms with E-state index in [-0.39, 0.29) is 36.6 Å². The van der Waals surface area contributed by atoms with E-state index in [4.69, 9.17) is 23.2 Å². The lowest BCUT2D eigenvalue weighted by Crippen LogP contribution is -2.49. The van der Waals surface area contributed by atoms with Crippen LogP contribution in [0.15, 0.2) is 54.6 Å². The Bertz CT molecular complexity index is 1350. The number of carbonyl (C=O) groups is 3. The lowest BCUT2D eigenvalue weighted by atomic mass is 10.1. The number of anilines is 1. The zero-order chi connectivity index (χ0) is 27.4. The smallest absolute Gasteiger partial charge is 0.258 e. The Morgan fingerprint density at radius 3 is 2.47 bits per heavy atom. The third-order valence-corrected chi connectivity index (χ3v) is 7.43. The molecule has 0 bridgehead atoms. The maximum atomic E-state index is 13.6. The summed E-state index contributed by atoms with van der Waals surface area (Å²) in [6, 6.07) is 16.1. The fourth-order valence-corrected chi connectivity index (χ4v) is 5.38. The van der Waals surface area contributed by atoms with Crippen LogP contribution in [0.1, 0.15) is 56.0 Å². The predicted octanol–water partition coefficient (Wildman–Crippen LogP) is 6.47. The Morgan fingerprint density at radius 2 is 1.79 bits per heavy atom. The predicted molar refractivity (Wildman–Crippen MR) is 154 cm³/mol.